The Balaban J connectivity index is 0.972. The molecule has 10 aromatic rings. The van der Waals surface area contributed by atoms with E-state index in [1.165, 1.54) is 65.4 Å². The highest BCUT2D eigenvalue weighted by atomic mass is 14.9. The maximum Gasteiger partial charge on any atom is 0.139 e. The van der Waals surface area contributed by atoms with Gasteiger partial charge < -0.3 is 0 Å². The molecular weight excluding hydrogens is 715 g/mol. The molecule has 1 aliphatic rings. The van der Waals surface area contributed by atoms with Crippen LogP contribution in [0.15, 0.2) is 207 Å². The first-order valence-corrected chi connectivity index (χ1v) is 20.3. The van der Waals surface area contributed by atoms with Crippen LogP contribution in [0.4, 0.5) is 0 Å². The summed E-state index contributed by atoms with van der Waals surface area (Å²) in [5.74, 6) is 0.807. The first-order valence-electron chi connectivity index (χ1n) is 20.3. The highest BCUT2D eigenvalue weighted by molar-refractivity contribution is 6.25. The molecule has 0 spiro atoms. The number of allylic oxidation sites excluding steroid dienone is 4. The van der Waals surface area contributed by atoms with E-state index in [4.69, 9.17) is 9.97 Å². The highest BCUT2D eigenvalue weighted by Gasteiger charge is 2.30. The molecule has 1 aliphatic carbocycles. The topological polar surface area (TPSA) is 38.7 Å². The zero-order valence-electron chi connectivity index (χ0n) is 32.7. The van der Waals surface area contributed by atoms with Gasteiger partial charge in [0.05, 0.1) is 11.4 Å². The Hall–Kier alpha value is -7.49. The second kappa shape index (κ2) is 14.2. The van der Waals surface area contributed by atoms with E-state index in [0.717, 1.165) is 45.9 Å². The molecule has 1 unspecified atom stereocenters. The van der Waals surface area contributed by atoms with Crippen molar-refractivity contribution in [1.82, 2.24) is 15.0 Å². The van der Waals surface area contributed by atoms with Crippen LogP contribution in [0.25, 0.3) is 93.4 Å². The minimum absolute atomic E-state index is 0.410. The van der Waals surface area contributed by atoms with Crippen LogP contribution in [0.1, 0.15) is 24.7 Å². The molecule has 3 heteroatoms. The molecule has 3 nitrogen and oxygen atoms in total. The van der Waals surface area contributed by atoms with Crippen LogP contribution in [0.3, 0.4) is 0 Å². The molecule has 0 bridgehead atoms. The third kappa shape index (κ3) is 6.20. The van der Waals surface area contributed by atoms with Crippen molar-refractivity contribution < 1.29 is 0 Å². The average molecular weight is 754 g/mol. The van der Waals surface area contributed by atoms with Crippen molar-refractivity contribution in [2.24, 2.45) is 0 Å². The van der Waals surface area contributed by atoms with Crippen LogP contribution < -0.4 is 0 Å². The Morgan fingerprint density at radius 1 is 0.441 bits per heavy atom. The fraction of sp³-hybridized carbons (Fsp3) is 0.0536. The van der Waals surface area contributed by atoms with Crippen molar-refractivity contribution in [2.45, 2.75) is 18.8 Å². The number of aromatic nitrogens is 3. The molecule has 1 atom stereocenters. The van der Waals surface area contributed by atoms with Gasteiger partial charge in [0, 0.05) is 28.9 Å². The minimum Gasteiger partial charge on any atom is -0.264 e. The lowest BCUT2D eigenvalue weighted by Gasteiger charge is -2.28. The Kier molecular flexibility index (Phi) is 8.34. The summed E-state index contributed by atoms with van der Waals surface area (Å²) in [5, 5.41) is 10.2. The van der Waals surface area contributed by atoms with Gasteiger partial charge in [-0.15, -0.1) is 0 Å². The average Bonchev–Trinajstić information content (AvgIpc) is 3.32. The highest BCUT2D eigenvalue weighted by Crippen LogP contribution is 2.40. The summed E-state index contributed by atoms with van der Waals surface area (Å²) in [7, 11) is 0. The van der Waals surface area contributed by atoms with E-state index in [0.29, 0.717) is 0 Å². The van der Waals surface area contributed by atoms with Gasteiger partial charge >= 0.3 is 0 Å². The molecule has 0 saturated carbocycles. The third-order valence-corrected chi connectivity index (χ3v) is 12.1. The SMILES string of the molecule is CC1(c2nc(-c3ccc(-c4cccnc4)cc3)cc(-c3ccc(-c4cccc5ccccc45)cc3)n2)C=CC(c2ccc3c4ccccc4c4ccccc4c3c2)=CC1. The lowest BCUT2D eigenvalue weighted by atomic mass is 9.79. The predicted octanol–water partition coefficient (Wildman–Crippen LogP) is 14.5. The molecule has 8 aromatic carbocycles. The van der Waals surface area contributed by atoms with Crippen molar-refractivity contribution in [3.63, 3.8) is 0 Å². The summed E-state index contributed by atoms with van der Waals surface area (Å²) in [6.07, 6.45) is 11.4. The summed E-state index contributed by atoms with van der Waals surface area (Å²) in [6.45, 7) is 2.26. The van der Waals surface area contributed by atoms with Crippen molar-refractivity contribution >= 4 is 48.7 Å². The van der Waals surface area contributed by atoms with Crippen LogP contribution >= 0.6 is 0 Å². The molecule has 2 aromatic heterocycles. The van der Waals surface area contributed by atoms with Crippen molar-refractivity contribution in [2.75, 3.05) is 0 Å². The fourth-order valence-electron chi connectivity index (χ4n) is 8.86. The number of fused-ring (bicyclic) bond motifs is 7. The van der Waals surface area contributed by atoms with Gasteiger partial charge in [-0.2, -0.15) is 0 Å². The van der Waals surface area contributed by atoms with Gasteiger partial charge in [0.2, 0.25) is 0 Å². The summed E-state index contributed by atoms with van der Waals surface area (Å²) >= 11 is 0. The van der Waals surface area contributed by atoms with Gasteiger partial charge in [-0.25, -0.2) is 9.97 Å². The second-order valence-corrected chi connectivity index (χ2v) is 15.9. The molecule has 278 valence electrons. The number of hydrogen-bond acceptors (Lipinski definition) is 3. The molecule has 59 heavy (non-hydrogen) atoms. The Morgan fingerprint density at radius 3 is 1.63 bits per heavy atom. The lowest BCUT2D eigenvalue weighted by Crippen LogP contribution is -2.24. The fourth-order valence-corrected chi connectivity index (χ4v) is 8.86. The predicted molar refractivity (Wildman–Crippen MR) is 247 cm³/mol. The lowest BCUT2D eigenvalue weighted by molar-refractivity contribution is 0.559. The zero-order chi connectivity index (χ0) is 39.3. The second-order valence-electron chi connectivity index (χ2n) is 15.9. The van der Waals surface area contributed by atoms with Crippen molar-refractivity contribution in [3.8, 4) is 44.8 Å². The van der Waals surface area contributed by atoms with E-state index < -0.39 is 5.41 Å². The minimum atomic E-state index is -0.410. The molecule has 0 radical (unpaired) electrons. The van der Waals surface area contributed by atoms with Gasteiger partial charge in [-0.3, -0.25) is 4.98 Å². The summed E-state index contributed by atoms with van der Waals surface area (Å²) in [6, 6.07) is 63.2. The normalized spacial score (nSPS) is 15.2. The smallest absolute Gasteiger partial charge is 0.139 e. The van der Waals surface area contributed by atoms with Gasteiger partial charge in [0.25, 0.3) is 0 Å². The van der Waals surface area contributed by atoms with E-state index in [2.05, 4.69) is 200 Å². The number of pyridine rings is 1. The molecule has 0 N–H and O–H groups in total. The largest absolute Gasteiger partial charge is 0.264 e. The Morgan fingerprint density at radius 2 is 1.00 bits per heavy atom. The number of rotatable bonds is 6. The van der Waals surface area contributed by atoms with E-state index in [9.17, 15) is 0 Å². The van der Waals surface area contributed by atoms with Gasteiger partial charge in [-0.1, -0.05) is 176 Å². The molecule has 0 saturated heterocycles. The number of nitrogens with zero attached hydrogens (tertiary/aromatic N) is 3. The summed E-state index contributed by atoms with van der Waals surface area (Å²) < 4.78 is 0. The van der Waals surface area contributed by atoms with Crippen LogP contribution in [0.2, 0.25) is 0 Å². The first-order chi connectivity index (χ1) is 29.1. The van der Waals surface area contributed by atoms with E-state index in [-0.39, 0.29) is 0 Å². The van der Waals surface area contributed by atoms with E-state index >= 15 is 0 Å². The summed E-state index contributed by atoms with van der Waals surface area (Å²) in [5.41, 5.74) is 10.5. The van der Waals surface area contributed by atoms with Crippen LogP contribution in [0.5, 0.6) is 0 Å². The van der Waals surface area contributed by atoms with Crippen molar-refractivity contribution in [1.29, 1.82) is 0 Å². The van der Waals surface area contributed by atoms with Crippen LogP contribution in [-0.2, 0) is 5.41 Å². The van der Waals surface area contributed by atoms with Gasteiger partial charge in [0.1, 0.15) is 5.82 Å². The maximum absolute atomic E-state index is 5.34. The Bertz CT molecular complexity index is 3250. The van der Waals surface area contributed by atoms with E-state index in [1.54, 1.807) is 6.20 Å². The molecule has 0 fully saturated rings. The maximum atomic E-state index is 5.34. The molecule has 2 heterocycles. The number of hydrogen-bond donors (Lipinski definition) is 0. The Labute approximate surface area is 343 Å². The molecule has 11 rings (SSSR count). The third-order valence-electron chi connectivity index (χ3n) is 12.1. The van der Waals surface area contributed by atoms with Crippen LogP contribution in [0, 0.1) is 0 Å². The zero-order valence-corrected chi connectivity index (χ0v) is 32.7. The molecule has 0 aliphatic heterocycles. The molecule has 0 amide bonds. The molecular formula is C56H39N3. The van der Waals surface area contributed by atoms with Gasteiger partial charge in [0.15, 0.2) is 0 Å². The van der Waals surface area contributed by atoms with E-state index in [1.807, 2.05) is 12.3 Å². The van der Waals surface area contributed by atoms with Crippen molar-refractivity contribution in [3.05, 3.63) is 218 Å². The first kappa shape index (κ1) is 34.7. The monoisotopic (exact) mass is 753 g/mol. The summed E-state index contributed by atoms with van der Waals surface area (Å²) in [4.78, 5) is 15.0. The quantitative estimate of drug-likeness (QED) is 0.159. The standard InChI is InChI=1S/C56H39N3/c1-56(31-29-38(30-32-56)43-27-28-51-49-16-5-4-14-47(49)48-15-6-7-17-50(48)52(51)34-43)55-58-53(41-23-19-37(20-24-41)44-12-9-33-57-36-44)35-54(59-55)42-25-21-40(22-26-42)46-18-8-11-39-10-2-3-13-45(39)46/h2-31,33-36H,32H2,1H3. The number of benzene rings is 8. The van der Waals surface area contributed by atoms with Gasteiger partial charge in [-0.05, 0) is 108 Å². The van der Waals surface area contributed by atoms with Crippen LogP contribution in [-0.4, -0.2) is 15.0 Å².